The number of pyridine rings is 1. The molecule has 21 heavy (non-hydrogen) atoms. The minimum Gasteiger partial charge on any atom is -0.340 e. The van der Waals surface area contributed by atoms with Crippen LogP contribution in [0.25, 0.3) is 10.9 Å². The Morgan fingerprint density at radius 3 is 2.76 bits per heavy atom. The monoisotopic (exact) mass is 299 g/mol. The molecule has 0 aliphatic carbocycles. The van der Waals surface area contributed by atoms with Crippen molar-refractivity contribution in [2.24, 2.45) is 5.73 Å². The zero-order chi connectivity index (χ0) is 15.0. The molecule has 3 nitrogen and oxygen atoms in total. The third-order valence-electron chi connectivity index (χ3n) is 4.12. The molecule has 0 fully saturated rings. The van der Waals surface area contributed by atoms with Crippen molar-refractivity contribution in [3.8, 4) is 0 Å². The molecule has 2 N–H and O–H groups in total. The van der Waals surface area contributed by atoms with E-state index in [1.165, 1.54) is 22.2 Å². The fourth-order valence-electron chi connectivity index (χ4n) is 2.73. The van der Waals surface area contributed by atoms with Crippen LogP contribution in [0.5, 0.6) is 0 Å². The van der Waals surface area contributed by atoms with Crippen LogP contribution < -0.4 is 5.73 Å². The molecule has 3 aromatic rings. The molecule has 0 radical (unpaired) electrons. The van der Waals surface area contributed by atoms with Crippen LogP contribution in [0, 0.1) is 13.8 Å². The molecular formula is C17H18ClN3. The van der Waals surface area contributed by atoms with Crippen LogP contribution >= 0.6 is 11.6 Å². The van der Waals surface area contributed by atoms with Crippen LogP contribution in [0.1, 0.15) is 22.4 Å². The molecule has 108 valence electrons. The average Bonchev–Trinajstić information content (AvgIpc) is 2.74. The summed E-state index contributed by atoms with van der Waals surface area (Å²) in [6, 6.07) is 8.39. The second-order valence-corrected chi connectivity index (χ2v) is 5.73. The van der Waals surface area contributed by atoms with E-state index in [1.807, 2.05) is 6.07 Å². The first-order chi connectivity index (χ1) is 10.1. The number of rotatable bonds is 3. The highest BCUT2D eigenvalue weighted by Gasteiger charge is 2.12. The van der Waals surface area contributed by atoms with Crippen LogP contribution in [0.3, 0.4) is 0 Å². The Hall–Kier alpha value is -1.84. The third kappa shape index (κ3) is 2.43. The van der Waals surface area contributed by atoms with Crippen molar-refractivity contribution in [3.63, 3.8) is 0 Å². The van der Waals surface area contributed by atoms with Crippen LogP contribution in [0.2, 0.25) is 5.02 Å². The van der Waals surface area contributed by atoms with Crippen LogP contribution in [0.15, 0.2) is 36.7 Å². The Morgan fingerprint density at radius 2 is 2.05 bits per heavy atom. The number of aryl methyl sites for hydroxylation is 1. The fraction of sp³-hybridized carbons (Fsp3) is 0.235. The van der Waals surface area contributed by atoms with E-state index >= 15 is 0 Å². The molecule has 0 bridgehead atoms. The van der Waals surface area contributed by atoms with Gasteiger partial charge in [-0.25, -0.2) is 0 Å². The van der Waals surface area contributed by atoms with Gasteiger partial charge >= 0.3 is 0 Å². The number of halogens is 1. The lowest BCUT2D eigenvalue weighted by molar-refractivity contribution is 0.799. The Morgan fingerprint density at radius 1 is 1.24 bits per heavy atom. The van der Waals surface area contributed by atoms with Gasteiger partial charge < -0.3 is 10.3 Å². The standard InChI is InChI=1S/C17H18ClN3/c1-11-12(2)21(10-14-5-6-20-9-16(14)18)17-4-3-13(8-19)7-15(11)17/h3-7,9H,8,10,19H2,1-2H3. The zero-order valence-electron chi connectivity index (χ0n) is 12.2. The predicted molar refractivity (Wildman–Crippen MR) is 87.7 cm³/mol. The maximum atomic E-state index is 6.24. The highest BCUT2D eigenvalue weighted by molar-refractivity contribution is 6.31. The van der Waals surface area contributed by atoms with Gasteiger partial charge in [-0.1, -0.05) is 17.7 Å². The number of aromatic nitrogens is 2. The highest BCUT2D eigenvalue weighted by atomic mass is 35.5. The van der Waals surface area contributed by atoms with Gasteiger partial charge in [0.25, 0.3) is 0 Å². The molecule has 0 amide bonds. The first kappa shape index (κ1) is 14.1. The minimum absolute atomic E-state index is 0.565. The van der Waals surface area contributed by atoms with E-state index in [1.54, 1.807) is 12.4 Å². The quantitative estimate of drug-likeness (QED) is 0.799. The van der Waals surface area contributed by atoms with E-state index in [4.69, 9.17) is 17.3 Å². The number of hydrogen-bond donors (Lipinski definition) is 1. The summed E-state index contributed by atoms with van der Waals surface area (Å²) in [6.45, 7) is 5.62. The number of hydrogen-bond acceptors (Lipinski definition) is 2. The topological polar surface area (TPSA) is 43.8 Å². The van der Waals surface area contributed by atoms with Crippen molar-refractivity contribution in [1.82, 2.24) is 9.55 Å². The summed E-state index contributed by atoms with van der Waals surface area (Å²) < 4.78 is 2.30. The van der Waals surface area contributed by atoms with Crippen molar-refractivity contribution in [2.45, 2.75) is 26.9 Å². The van der Waals surface area contributed by atoms with Crippen molar-refractivity contribution in [3.05, 3.63) is 64.1 Å². The second kappa shape index (κ2) is 5.51. The van der Waals surface area contributed by atoms with Crippen molar-refractivity contribution >= 4 is 22.5 Å². The van der Waals surface area contributed by atoms with Gasteiger partial charge in [-0.3, -0.25) is 4.98 Å². The molecule has 0 spiro atoms. The molecule has 0 unspecified atom stereocenters. The molecular weight excluding hydrogens is 282 g/mol. The van der Waals surface area contributed by atoms with Crippen molar-refractivity contribution in [1.29, 1.82) is 0 Å². The van der Waals surface area contributed by atoms with Gasteiger partial charge in [0.2, 0.25) is 0 Å². The maximum Gasteiger partial charge on any atom is 0.0639 e. The van der Waals surface area contributed by atoms with Crippen LogP contribution in [-0.2, 0) is 13.1 Å². The number of nitrogens with two attached hydrogens (primary N) is 1. The summed E-state index contributed by atoms with van der Waals surface area (Å²) >= 11 is 6.24. The van der Waals surface area contributed by atoms with E-state index in [2.05, 4.69) is 41.6 Å². The van der Waals surface area contributed by atoms with E-state index in [9.17, 15) is 0 Å². The molecule has 0 aliphatic rings. The number of benzene rings is 1. The fourth-order valence-corrected chi connectivity index (χ4v) is 2.91. The van der Waals surface area contributed by atoms with Crippen LogP contribution in [0.4, 0.5) is 0 Å². The van der Waals surface area contributed by atoms with E-state index in [-0.39, 0.29) is 0 Å². The molecule has 4 heteroatoms. The van der Waals surface area contributed by atoms with E-state index in [0.717, 1.165) is 17.7 Å². The first-order valence-electron chi connectivity index (χ1n) is 6.98. The normalized spacial score (nSPS) is 11.2. The molecule has 2 aromatic heterocycles. The highest BCUT2D eigenvalue weighted by Crippen LogP contribution is 2.28. The molecule has 0 saturated carbocycles. The van der Waals surface area contributed by atoms with Gasteiger partial charge in [-0.05, 0) is 48.7 Å². The molecule has 0 atom stereocenters. The van der Waals surface area contributed by atoms with Gasteiger partial charge in [-0.2, -0.15) is 0 Å². The average molecular weight is 300 g/mol. The molecule has 2 heterocycles. The molecule has 3 rings (SSSR count). The predicted octanol–water partition coefficient (Wildman–Crippen LogP) is 3.81. The summed E-state index contributed by atoms with van der Waals surface area (Å²) in [7, 11) is 0. The lowest BCUT2D eigenvalue weighted by Crippen LogP contribution is -2.03. The third-order valence-corrected chi connectivity index (χ3v) is 4.46. The summed E-state index contributed by atoms with van der Waals surface area (Å²) in [4.78, 5) is 4.04. The van der Waals surface area contributed by atoms with Crippen LogP contribution in [-0.4, -0.2) is 9.55 Å². The van der Waals surface area contributed by atoms with Gasteiger partial charge in [0, 0.05) is 42.1 Å². The lowest BCUT2D eigenvalue weighted by atomic mass is 10.1. The lowest BCUT2D eigenvalue weighted by Gasteiger charge is -2.10. The second-order valence-electron chi connectivity index (χ2n) is 5.32. The number of nitrogens with zero attached hydrogens (tertiary/aromatic N) is 2. The molecule has 0 saturated heterocycles. The number of fused-ring (bicyclic) bond motifs is 1. The maximum absolute atomic E-state index is 6.24. The zero-order valence-corrected chi connectivity index (χ0v) is 13.0. The Kier molecular flexibility index (Phi) is 3.70. The minimum atomic E-state index is 0.565. The Balaban J connectivity index is 2.15. The van der Waals surface area contributed by atoms with Gasteiger partial charge in [0.1, 0.15) is 0 Å². The summed E-state index contributed by atoms with van der Waals surface area (Å²) in [5.74, 6) is 0. The summed E-state index contributed by atoms with van der Waals surface area (Å²) in [5, 5.41) is 1.97. The molecule has 1 aromatic carbocycles. The Labute approximate surface area is 129 Å². The molecule has 0 aliphatic heterocycles. The first-order valence-corrected chi connectivity index (χ1v) is 7.36. The smallest absolute Gasteiger partial charge is 0.0639 e. The summed E-state index contributed by atoms with van der Waals surface area (Å²) in [5.41, 5.74) is 11.8. The van der Waals surface area contributed by atoms with Crippen molar-refractivity contribution in [2.75, 3.05) is 0 Å². The Bertz CT molecular complexity index is 805. The summed E-state index contributed by atoms with van der Waals surface area (Å²) in [6.07, 6.45) is 3.47. The van der Waals surface area contributed by atoms with Crippen molar-refractivity contribution < 1.29 is 0 Å². The largest absolute Gasteiger partial charge is 0.340 e. The van der Waals surface area contributed by atoms with E-state index in [0.29, 0.717) is 11.6 Å². The van der Waals surface area contributed by atoms with E-state index < -0.39 is 0 Å². The SMILES string of the molecule is Cc1c(C)n(Cc2ccncc2Cl)c2ccc(CN)cc12. The van der Waals surface area contributed by atoms with Gasteiger partial charge in [0.15, 0.2) is 0 Å². The van der Waals surface area contributed by atoms with Gasteiger partial charge in [0.05, 0.1) is 5.02 Å². The van der Waals surface area contributed by atoms with Gasteiger partial charge in [-0.15, -0.1) is 0 Å².